The summed E-state index contributed by atoms with van der Waals surface area (Å²) in [5.41, 5.74) is 0. The van der Waals surface area contributed by atoms with Crippen LogP contribution in [0.25, 0.3) is 0 Å². The molecule has 2 rings (SSSR count). The molecular formula is C10H8Se2. The van der Waals surface area contributed by atoms with Crippen molar-refractivity contribution in [1.82, 2.24) is 0 Å². The maximum atomic E-state index is 2.28. The van der Waals surface area contributed by atoms with Crippen LogP contribution in [0, 0.1) is 0 Å². The van der Waals surface area contributed by atoms with E-state index >= 15 is 0 Å². The molecule has 12 heavy (non-hydrogen) atoms. The van der Waals surface area contributed by atoms with Crippen LogP contribution in [0.2, 0.25) is 0 Å². The van der Waals surface area contributed by atoms with Crippen LogP contribution in [0.4, 0.5) is 0 Å². The Labute approximate surface area is 85.1 Å². The number of hydrogen-bond donors (Lipinski definition) is 0. The van der Waals surface area contributed by atoms with Crippen LogP contribution >= 0.6 is 0 Å². The van der Waals surface area contributed by atoms with Gasteiger partial charge in [0.05, 0.1) is 0 Å². The van der Waals surface area contributed by atoms with E-state index in [2.05, 4.69) is 46.4 Å². The van der Waals surface area contributed by atoms with Crippen molar-refractivity contribution in [3.8, 4) is 0 Å². The van der Waals surface area contributed by atoms with Crippen molar-refractivity contribution in [1.29, 1.82) is 0 Å². The first-order valence-corrected chi connectivity index (χ1v) is 7.40. The van der Waals surface area contributed by atoms with Crippen LogP contribution < -0.4 is 0 Å². The second-order valence-corrected chi connectivity index (χ2v) is 6.32. The van der Waals surface area contributed by atoms with Gasteiger partial charge in [-0.3, -0.25) is 0 Å². The van der Waals surface area contributed by atoms with Gasteiger partial charge in [0, 0.05) is 0 Å². The molecule has 0 aromatic heterocycles. The molecule has 0 unspecified atom stereocenters. The van der Waals surface area contributed by atoms with Gasteiger partial charge in [0.2, 0.25) is 0 Å². The predicted molar refractivity (Wildman–Crippen MR) is 55.1 cm³/mol. The van der Waals surface area contributed by atoms with Crippen molar-refractivity contribution in [2.24, 2.45) is 0 Å². The topological polar surface area (TPSA) is 0 Å². The first-order chi connectivity index (χ1) is 5.97. The second kappa shape index (κ2) is 4.11. The fourth-order valence-electron chi connectivity index (χ4n) is 0.961. The van der Waals surface area contributed by atoms with Crippen molar-refractivity contribution in [2.75, 3.05) is 0 Å². The van der Waals surface area contributed by atoms with Gasteiger partial charge >= 0.3 is 85.3 Å². The van der Waals surface area contributed by atoms with Gasteiger partial charge in [-0.25, -0.2) is 0 Å². The van der Waals surface area contributed by atoms with Crippen molar-refractivity contribution < 1.29 is 0 Å². The van der Waals surface area contributed by atoms with Gasteiger partial charge in [0.1, 0.15) is 0 Å². The van der Waals surface area contributed by atoms with Crippen LogP contribution in [-0.4, -0.2) is 29.9 Å². The van der Waals surface area contributed by atoms with Crippen LogP contribution in [0.15, 0.2) is 55.3 Å². The molecule has 0 fully saturated rings. The van der Waals surface area contributed by atoms with E-state index < -0.39 is 0 Å². The maximum absolute atomic E-state index is 2.28. The van der Waals surface area contributed by atoms with Gasteiger partial charge in [-0.2, -0.15) is 0 Å². The molecule has 2 aliphatic heterocycles. The molecule has 0 spiro atoms. The van der Waals surface area contributed by atoms with Crippen molar-refractivity contribution >= 4 is 29.9 Å². The molecule has 0 saturated carbocycles. The summed E-state index contributed by atoms with van der Waals surface area (Å²) in [6.07, 6.45) is 13.0. The van der Waals surface area contributed by atoms with E-state index in [4.69, 9.17) is 0 Å². The second-order valence-electron chi connectivity index (χ2n) is 2.34. The summed E-state index contributed by atoms with van der Waals surface area (Å²) in [6, 6.07) is 0. The molecule has 0 aliphatic carbocycles. The molecule has 0 N–H and O–H groups in total. The molecule has 0 amide bonds. The molecule has 0 atom stereocenters. The summed E-state index contributed by atoms with van der Waals surface area (Å²) in [5, 5.41) is 0. The zero-order valence-corrected chi connectivity index (χ0v) is 9.86. The van der Waals surface area contributed by atoms with Crippen LogP contribution in [0.5, 0.6) is 0 Å². The molecule has 0 nitrogen and oxygen atoms in total. The third-order valence-corrected chi connectivity index (χ3v) is 5.95. The van der Waals surface area contributed by atoms with Gasteiger partial charge in [-0.1, -0.05) is 0 Å². The fourth-order valence-corrected chi connectivity index (χ4v) is 4.77. The third-order valence-electron chi connectivity index (χ3n) is 1.51. The monoisotopic (exact) mass is 288 g/mol. The summed E-state index contributed by atoms with van der Waals surface area (Å²) >= 11 is 1.14. The molecular weight excluding hydrogens is 278 g/mol. The Morgan fingerprint density at radius 3 is 1.50 bits per heavy atom. The van der Waals surface area contributed by atoms with Gasteiger partial charge in [-0.05, 0) is 0 Å². The van der Waals surface area contributed by atoms with Crippen molar-refractivity contribution in [3.63, 3.8) is 0 Å². The molecule has 0 aromatic rings. The van der Waals surface area contributed by atoms with E-state index in [1.807, 2.05) is 0 Å². The summed E-state index contributed by atoms with van der Waals surface area (Å²) in [6.45, 7) is 0. The Kier molecular flexibility index (Phi) is 2.86. The van der Waals surface area contributed by atoms with Gasteiger partial charge in [0.25, 0.3) is 0 Å². The molecule has 2 aliphatic rings. The van der Waals surface area contributed by atoms with Crippen LogP contribution in [-0.2, 0) is 0 Å². The Morgan fingerprint density at radius 1 is 0.667 bits per heavy atom. The molecule has 60 valence electrons. The average molecular weight is 286 g/mol. The normalized spacial score (nSPS) is 26.7. The van der Waals surface area contributed by atoms with Gasteiger partial charge < -0.3 is 0 Å². The number of allylic oxidation sites excluding steroid dienone is 8. The molecule has 2 heterocycles. The minimum atomic E-state index is 0.571. The molecule has 2 heteroatoms. The quantitative estimate of drug-likeness (QED) is 0.595. The summed E-state index contributed by atoms with van der Waals surface area (Å²) in [4.78, 5) is 4.55. The van der Waals surface area contributed by atoms with Gasteiger partial charge in [-0.15, -0.1) is 0 Å². The van der Waals surface area contributed by atoms with E-state index in [9.17, 15) is 0 Å². The zero-order chi connectivity index (χ0) is 8.23. The Balaban J connectivity index is 2.25. The number of rotatable bonds is 0. The van der Waals surface area contributed by atoms with E-state index in [0.29, 0.717) is 29.9 Å². The molecule has 0 radical (unpaired) electrons. The van der Waals surface area contributed by atoms with Crippen LogP contribution in [0.3, 0.4) is 0 Å². The Hall–Kier alpha value is -0.261. The molecule has 0 aromatic carbocycles. The predicted octanol–water partition coefficient (Wildman–Crippen LogP) is 1.77. The van der Waals surface area contributed by atoms with E-state index in [1.54, 1.807) is 8.94 Å². The summed E-state index contributed by atoms with van der Waals surface area (Å²) in [7, 11) is 0. The minimum absolute atomic E-state index is 0.571. The SMILES string of the molecule is C1=C[Se]C(=C2C=CC=C[Se]2)C=C1. The van der Waals surface area contributed by atoms with E-state index in [0.717, 1.165) is 0 Å². The summed E-state index contributed by atoms with van der Waals surface area (Å²) < 4.78 is 3.09. The zero-order valence-electron chi connectivity index (χ0n) is 6.44. The van der Waals surface area contributed by atoms with Crippen LogP contribution in [0.1, 0.15) is 0 Å². The Morgan fingerprint density at radius 2 is 1.17 bits per heavy atom. The third kappa shape index (κ3) is 1.91. The van der Waals surface area contributed by atoms with Gasteiger partial charge in [0.15, 0.2) is 0 Å². The van der Waals surface area contributed by atoms with E-state index in [1.165, 1.54) is 0 Å². The Bertz CT molecular complexity index is 285. The average Bonchev–Trinajstić information content (AvgIpc) is 2.21. The van der Waals surface area contributed by atoms with E-state index in [-0.39, 0.29) is 0 Å². The fraction of sp³-hybridized carbons (Fsp3) is 0. The summed E-state index contributed by atoms with van der Waals surface area (Å²) in [5.74, 6) is 0. The first-order valence-electron chi connectivity index (χ1n) is 3.71. The molecule has 0 saturated heterocycles. The standard InChI is InChI=1S/C10H8Se2/c1-3-7-11-9(5-1)10-6-2-4-8-12-10/h1-8H. The number of hydrogen-bond acceptors (Lipinski definition) is 0. The van der Waals surface area contributed by atoms with Crippen molar-refractivity contribution in [3.05, 3.63) is 55.3 Å². The molecule has 0 bridgehead atoms. The van der Waals surface area contributed by atoms with Crippen molar-refractivity contribution in [2.45, 2.75) is 0 Å². The first kappa shape index (κ1) is 8.34.